The van der Waals surface area contributed by atoms with E-state index < -0.39 is 0 Å². The number of rotatable bonds is 6. The summed E-state index contributed by atoms with van der Waals surface area (Å²) in [4.78, 5) is 35.9. The molecule has 2 heterocycles. The quantitative estimate of drug-likeness (QED) is 0.439. The third-order valence-corrected chi connectivity index (χ3v) is 5.08. The van der Waals surface area contributed by atoms with E-state index in [-0.39, 0.29) is 30.0 Å². The Labute approximate surface area is 177 Å². The van der Waals surface area contributed by atoms with Crippen molar-refractivity contribution in [2.24, 2.45) is 12.8 Å². The van der Waals surface area contributed by atoms with Crippen molar-refractivity contribution in [1.29, 1.82) is 0 Å². The predicted molar refractivity (Wildman–Crippen MR) is 115 cm³/mol. The molecule has 2 aromatic heterocycles. The number of fused-ring (bicyclic) bond motifs is 1. The molecule has 9 heteroatoms. The van der Waals surface area contributed by atoms with Crippen molar-refractivity contribution in [3.8, 4) is 11.3 Å². The van der Waals surface area contributed by atoms with Gasteiger partial charge < -0.3 is 11.1 Å². The number of nitrogens with one attached hydrogen (secondary N) is 2. The Kier molecular flexibility index (Phi) is 5.59. The number of amides is 1. The summed E-state index contributed by atoms with van der Waals surface area (Å²) in [6, 6.07) is 12.8. The van der Waals surface area contributed by atoms with E-state index in [1.165, 1.54) is 23.0 Å². The maximum absolute atomic E-state index is 13.4. The molecular weight excluding hydrogens is 399 g/mol. The van der Waals surface area contributed by atoms with Gasteiger partial charge in [0.05, 0.1) is 5.69 Å². The molecular formula is C22H21FN6O2. The normalized spacial score (nSPS) is 12.1. The van der Waals surface area contributed by atoms with Crippen LogP contribution in [0.2, 0.25) is 0 Å². The Hall–Kier alpha value is -3.85. The highest BCUT2D eigenvalue weighted by Gasteiger charge is 2.17. The van der Waals surface area contributed by atoms with Gasteiger partial charge in [-0.25, -0.2) is 19.2 Å². The van der Waals surface area contributed by atoms with Gasteiger partial charge in [0.1, 0.15) is 17.7 Å². The lowest BCUT2D eigenvalue weighted by molar-refractivity contribution is 0.0938. The van der Waals surface area contributed by atoms with Gasteiger partial charge >= 0.3 is 5.69 Å². The summed E-state index contributed by atoms with van der Waals surface area (Å²) in [5.74, 6) is -0.635. The fourth-order valence-corrected chi connectivity index (χ4v) is 3.50. The number of benzene rings is 2. The number of nitrogens with zero attached hydrogens (tertiary/aromatic N) is 3. The molecule has 1 unspecified atom stereocenters. The molecule has 2 aromatic carbocycles. The highest BCUT2D eigenvalue weighted by Crippen LogP contribution is 2.24. The number of carbonyl (C=O) groups excluding carboxylic acids is 1. The van der Waals surface area contributed by atoms with Gasteiger partial charge in [-0.15, -0.1) is 0 Å². The molecule has 0 bridgehead atoms. The zero-order chi connectivity index (χ0) is 22.0. The molecule has 0 aliphatic rings. The maximum Gasteiger partial charge on any atom is 0.327 e. The maximum atomic E-state index is 13.4. The molecule has 4 aromatic rings. The molecule has 4 N–H and O–H groups in total. The fraction of sp³-hybridized carbons (Fsp3) is 0.182. The average Bonchev–Trinajstić information content (AvgIpc) is 3.07. The molecule has 4 rings (SSSR count). The number of aryl methyl sites for hydroxylation is 1. The predicted octanol–water partition coefficient (Wildman–Crippen LogP) is 1.76. The molecule has 0 radical (unpaired) electrons. The first-order chi connectivity index (χ1) is 15.0. The number of aromatic amines is 1. The van der Waals surface area contributed by atoms with Gasteiger partial charge in [-0.05, 0) is 36.2 Å². The first-order valence-electron chi connectivity index (χ1n) is 9.71. The van der Waals surface area contributed by atoms with E-state index in [9.17, 15) is 14.0 Å². The molecule has 31 heavy (non-hydrogen) atoms. The highest BCUT2D eigenvalue weighted by atomic mass is 19.1. The minimum absolute atomic E-state index is 0.208. The molecule has 158 valence electrons. The second kappa shape index (κ2) is 8.49. The van der Waals surface area contributed by atoms with Gasteiger partial charge in [0.25, 0.3) is 5.91 Å². The monoisotopic (exact) mass is 420 g/mol. The Morgan fingerprint density at radius 3 is 2.81 bits per heavy atom. The number of hydrogen-bond acceptors (Lipinski definition) is 5. The van der Waals surface area contributed by atoms with E-state index in [0.29, 0.717) is 34.4 Å². The van der Waals surface area contributed by atoms with Crippen molar-refractivity contribution in [2.75, 3.05) is 6.54 Å². The third kappa shape index (κ3) is 4.22. The van der Waals surface area contributed by atoms with Gasteiger partial charge in [-0.1, -0.05) is 24.3 Å². The largest absolute Gasteiger partial charge is 0.348 e. The van der Waals surface area contributed by atoms with Crippen LogP contribution in [0.3, 0.4) is 0 Å². The minimum atomic E-state index is -0.353. The SMILES string of the molecule is Cn1c(=O)[nH]c2ncnc(-c3cccc(C(=O)NC(CN)Cc4cccc(F)c4)c3)c21. The van der Waals surface area contributed by atoms with Crippen LogP contribution >= 0.6 is 0 Å². The molecule has 0 fully saturated rings. The van der Waals surface area contributed by atoms with E-state index in [0.717, 1.165) is 5.56 Å². The lowest BCUT2D eigenvalue weighted by Crippen LogP contribution is -2.41. The minimum Gasteiger partial charge on any atom is -0.348 e. The van der Waals surface area contributed by atoms with Crippen molar-refractivity contribution < 1.29 is 9.18 Å². The van der Waals surface area contributed by atoms with E-state index in [2.05, 4.69) is 20.3 Å². The second-order valence-corrected chi connectivity index (χ2v) is 7.23. The van der Waals surface area contributed by atoms with Gasteiger partial charge in [-0.2, -0.15) is 0 Å². The van der Waals surface area contributed by atoms with E-state index in [1.54, 1.807) is 37.4 Å². The topological polar surface area (TPSA) is 119 Å². The van der Waals surface area contributed by atoms with Crippen LogP contribution in [0.4, 0.5) is 4.39 Å². The summed E-state index contributed by atoms with van der Waals surface area (Å²) < 4.78 is 14.9. The van der Waals surface area contributed by atoms with Crippen LogP contribution < -0.4 is 16.7 Å². The van der Waals surface area contributed by atoms with Crippen LogP contribution in [-0.2, 0) is 13.5 Å². The molecule has 8 nitrogen and oxygen atoms in total. The smallest absolute Gasteiger partial charge is 0.327 e. The summed E-state index contributed by atoms with van der Waals surface area (Å²) in [5, 5.41) is 2.90. The summed E-state index contributed by atoms with van der Waals surface area (Å²) in [7, 11) is 1.63. The Bertz CT molecular complexity index is 1310. The summed E-state index contributed by atoms with van der Waals surface area (Å²) in [5.41, 5.74) is 8.88. The average molecular weight is 420 g/mol. The fourth-order valence-electron chi connectivity index (χ4n) is 3.50. The van der Waals surface area contributed by atoms with E-state index in [4.69, 9.17) is 5.73 Å². The van der Waals surface area contributed by atoms with E-state index in [1.807, 2.05) is 6.07 Å². The summed E-state index contributed by atoms with van der Waals surface area (Å²) in [6.45, 7) is 0.208. The van der Waals surface area contributed by atoms with Crippen molar-refractivity contribution in [3.05, 3.63) is 82.3 Å². The highest BCUT2D eigenvalue weighted by molar-refractivity contribution is 5.97. The number of nitrogens with two attached hydrogens (primary N) is 1. The first kappa shape index (κ1) is 20.4. The second-order valence-electron chi connectivity index (χ2n) is 7.23. The standard InChI is InChI=1S/C22H21FN6O2/c1-29-19-18(25-12-26-20(19)28-22(29)31)14-5-3-6-15(10-14)21(30)27-17(11-24)9-13-4-2-7-16(23)8-13/h2-8,10,12,17H,9,11,24H2,1H3,(H,27,30)(H,25,26,28,31). The van der Waals surface area contributed by atoms with Crippen molar-refractivity contribution >= 4 is 17.1 Å². The first-order valence-corrected chi connectivity index (χ1v) is 9.71. The van der Waals surface area contributed by atoms with Crippen molar-refractivity contribution in [3.63, 3.8) is 0 Å². The molecule has 0 saturated heterocycles. The third-order valence-electron chi connectivity index (χ3n) is 5.08. The summed E-state index contributed by atoms with van der Waals surface area (Å²) >= 11 is 0. The lowest BCUT2D eigenvalue weighted by Gasteiger charge is -2.17. The Morgan fingerprint density at radius 2 is 2.03 bits per heavy atom. The molecule has 1 amide bonds. The van der Waals surface area contributed by atoms with Gasteiger partial charge in [0.15, 0.2) is 5.65 Å². The molecule has 1 atom stereocenters. The van der Waals surface area contributed by atoms with Gasteiger partial charge in [-0.3, -0.25) is 14.3 Å². The Balaban J connectivity index is 1.59. The zero-order valence-corrected chi connectivity index (χ0v) is 16.8. The number of carbonyl (C=O) groups is 1. The van der Waals surface area contributed by atoms with Crippen LogP contribution in [0.25, 0.3) is 22.4 Å². The van der Waals surface area contributed by atoms with Gasteiger partial charge in [0, 0.05) is 30.8 Å². The van der Waals surface area contributed by atoms with E-state index >= 15 is 0 Å². The summed E-state index contributed by atoms with van der Waals surface area (Å²) in [6.07, 6.45) is 1.78. The van der Waals surface area contributed by atoms with Gasteiger partial charge in [0.2, 0.25) is 0 Å². The lowest BCUT2D eigenvalue weighted by atomic mass is 10.0. The van der Waals surface area contributed by atoms with Crippen LogP contribution in [0.1, 0.15) is 15.9 Å². The molecule has 0 aliphatic heterocycles. The number of imidazole rings is 1. The molecule has 0 aliphatic carbocycles. The molecule has 0 spiro atoms. The van der Waals surface area contributed by atoms with Crippen LogP contribution in [0.15, 0.2) is 59.7 Å². The number of halogens is 1. The number of hydrogen-bond donors (Lipinski definition) is 3. The number of H-pyrrole nitrogens is 1. The van der Waals surface area contributed by atoms with Crippen LogP contribution in [0, 0.1) is 5.82 Å². The number of aromatic nitrogens is 4. The zero-order valence-electron chi connectivity index (χ0n) is 16.8. The van der Waals surface area contributed by atoms with Crippen molar-refractivity contribution in [1.82, 2.24) is 24.8 Å². The Morgan fingerprint density at radius 1 is 1.23 bits per heavy atom. The van der Waals surface area contributed by atoms with Crippen LogP contribution in [0.5, 0.6) is 0 Å². The molecule has 0 saturated carbocycles. The van der Waals surface area contributed by atoms with Crippen LogP contribution in [-0.4, -0.2) is 38.0 Å². The van der Waals surface area contributed by atoms with Crippen molar-refractivity contribution in [2.45, 2.75) is 12.5 Å².